The van der Waals surface area contributed by atoms with E-state index in [2.05, 4.69) is 21.6 Å². The summed E-state index contributed by atoms with van der Waals surface area (Å²) < 4.78 is 1.33. The first-order valence-corrected chi connectivity index (χ1v) is 5.55. The number of nitrogens with zero attached hydrogens (tertiary/aromatic N) is 3. The van der Waals surface area contributed by atoms with Gasteiger partial charge < -0.3 is 16.9 Å². The molecule has 0 saturated heterocycles. The van der Waals surface area contributed by atoms with E-state index in [9.17, 15) is 0 Å². The molecule has 0 fully saturated rings. The van der Waals surface area contributed by atoms with E-state index in [4.69, 9.17) is 11.6 Å². The van der Waals surface area contributed by atoms with Gasteiger partial charge in [-0.1, -0.05) is 18.2 Å². The largest absolute Gasteiger partial charge is 0.366 e. The van der Waals surface area contributed by atoms with Gasteiger partial charge in [-0.2, -0.15) is 0 Å². The van der Waals surface area contributed by atoms with Gasteiger partial charge in [-0.15, -0.1) is 10.2 Å². The Bertz CT molecular complexity index is 559. The molecule has 1 aliphatic heterocycles. The number of benzene rings is 1. The molecule has 1 aromatic carbocycles. The molecule has 0 radical (unpaired) electrons. The predicted octanol–water partition coefficient (Wildman–Crippen LogP) is -0.113. The van der Waals surface area contributed by atoms with Crippen molar-refractivity contribution in [2.45, 2.75) is 13.0 Å². The maximum absolute atomic E-state index is 5.82. The Morgan fingerprint density at radius 2 is 2.18 bits per heavy atom. The minimum atomic E-state index is 0.228. The number of rotatable bonds is 1. The normalized spacial score (nSPS) is 14.6. The van der Waals surface area contributed by atoms with Crippen molar-refractivity contribution in [2.24, 2.45) is 0 Å². The smallest absolute Gasteiger partial charge is 0.241 e. The standard InChI is InChI=1S/C11H14N6/c12-11-16-15-10(17(11)13)9-3-1-2-7-6-14-5-4-8(7)9/h1-3,14H,4-6,13H2,(H2,12,16). The summed E-state index contributed by atoms with van der Waals surface area (Å²) in [5, 5.41) is 11.2. The summed E-state index contributed by atoms with van der Waals surface area (Å²) in [6.07, 6.45) is 0.971. The van der Waals surface area contributed by atoms with E-state index in [1.165, 1.54) is 15.8 Å². The Labute approximate surface area is 98.6 Å². The third kappa shape index (κ3) is 1.53. The summed E-state index contributed by atoms with van der Waals surface area (Å²) in [7, 11) is 0. The minimum absolute atomic E-state index is 0.228. The summed E-state index contributed by atoms with van der Waals surface area (Å²) in [6, 6.07) is 6.13. The lowest BCUT2D eigenvalue weighted by Crippen LogP contribution is -2.24. The van der Waals surface area contributed by atoms with E-state index in [1.807, 2.05) is 12.1 Å². The van der Waals surface area contributed by atoms with Crippen LogP contribution in [0.25, 0.3) is 11.4 Å². The van der Waals surface area contributed by atoms with E-state index < -0.39 is 0 Å². The van der Waals surface area contributed by atoms with Gasteiger partial charge in [0.15, 0.2) is 5.82 Å². The fourth-order valence-electron chi connectivity index (χ4n) is 2.23. The number of aromatic nitrogens is 3. The van der Waals surface area contributed by atoms with Crippen LogP contribution in [0, 0.1) is 0 Å². The van der Waals surface area contributed by atoms with Crippen molar-refractivity contribution >= 4 is 5.95 Å². The Kier molecular flexibility index (Phi) is 2.22. The number of nitrogens with one attached hydrogen (secondary N) is 1. The zero-order valence-electron chi connectivity index (χ0n) is 9.35. The molecule has 6 nitrogen and oxygen atoms in total. The molecule has 0 saturated carbocycles. The van der Waals surface area contributed by atoms with Crippen molar-refractivity contribution in [1.82, 2.24) is 20.2 Å². The zero-order valence-corrected chi connectivity index (χ0v) is 9.35. The maximum Gasteiger partial charge on any atom is 0.241 e. The van der Waals surface area contributed by atoms with Crippen LogP contribution in [-0.2, 0) is 13.0 Å². The molecule has 0 amide bonds. The molecule has 17 heavy (non-hydrogen) atoms. The van der Waals surface area contributed by atoms with Gasteiger partial charge >= 0.3 is 0 Å². The highest BCUT2D eigenvalue weighted by molar-refractivity contribution is 5.64. The number of hydrogen-bond acceptors (Lipinski definition) is 5. The van der Waals surface area contributed by atoms with Gasteiger partial charge in [0.1, 0.15) is 0 Å². The SMILES string of the molecule is Nc1nnc(-c2cccc3c2CCNC3)n1N. The molecule has 1 aliphatic rings. The van der Waals surface area contributed by atoms with E-state index in [1.54, 1.807) is 0 Å². The van der Waals surface area contributed by atoms with Crippen LogP contribution in [0.4, 0.5) is 5.95 Å². The summed E-state index contributed by atoms with van der Waals surface area (Å²) >= 11 is 0. The second-order valence-electron chi connectivity index (χ2n) is 4.12. The van der Waals surface area contributed by atoms with Crippen LogP contribution in [0.1, 0.15) is 11.1 Å². The monoisotopic (exact) mass is 230 g/mol. The molecule has 88 valence electrons. The second-order valence-corrected chi connectivity index (χ2v) is 4.12. The summed E-state index contributed by atoms with van der Waals surface area (Å²) in [5.74, 6) is 6.67. The van der Waals surface area contributed by atoms with Gasteiger partial charge in [0, 0.05) is 12.1 Å². The van der Waals surface area contributed by atoms with Crippen molar-refractivity contribution in [2.75, 3.05) is 18.1 Å². The molecule has 5 N–H and O–H groups in total. The first-order valence-electron chi connectivity index (χ1n) is 5.55. The predicted molar refractivity (Wildman–Crippen MR) is 65.4 cm³/mol. The van der Waals surface area contributed by atoms with Crippen LogP contribution in [0.5, 0.6) is 0 Å². The first-order chi connectivity index (χ1) is 8.27. The summed E-state index contributed by atoms with van der Waals surface area (Å²) in [5.41, 5.74) is 9.20. The van der Waals surface area contributed by atoms with E-state index in [0.717, 1.165) is 25.1 Å². The number of nitrogens with two attached hydrogens (primary N) is 2. The summed E-state index contributed by atoms with van der Waals surface area (Å²) in [4.78, 5) is 0. The lowest BCUT2D eigenvalue weighted by Gasteiger charge is -2.19. The molecular weight excluding hydrogens is 216 g/mol. The van der Waals surface area contributed by atoms with Gasteiger partial charge in [-0.25, -0.2) is 4.68 Å². The van der Waals surface area contributed by atoms with E-state index in [-0.39, 0.29) is 5.95 Å². The molecule has 6 heteroatoms. The van der Waals surface area contributed by atoms with Gasteiger partial charge in [0.2, 0.25) is 5.95 Å². The third-order valence-corrected chi connectivity index (χ3v) is 3.10. The van der Waals surface area contributed by atoms with Crippen molar-refractivity contribution in [3.63, 3.8) is 0 Å². The van der Waals surface area contributed by atoms with Crippen LogP contribution < -0.4 is 16.9 Å². The van der Waals surface area contributed by atoms with Crippen LogP contribution in [0.15, 0.2) is 18.2 Å². The lowest BCUT2D eigenvalue weighted by molar-refractivity contribution is 0.644. The van der Waals surface area contributed by atoms with Gasteiger partial charge in [0.05, 0.1) is 0 Å². The minimum Gasteiger partial charge on any atom is -0.366 e. The topological polar surface area (TPSA) is 94.8 Å². The van der Waals surface area contributed by atoms with Gasteiger partial charge in [-0.3, -0.25) is 0 Å². The first kappa shape index (κ1) is 10.1. The van der Waals surface area contributed by atoms with Crippen LogP contribution in [-0.4, -0.2) is 21.4 Å². The Morgan fingerprint density at radius 1 is 1.29 bits per heavy atom. The molecule has 1 aromatic heterocycles. The van der Waals surface area contributed by atoms with Crippen molar-refractivity contribution in [3.8, 4) is 11.4 Å². The van der Waals surface area contributed by atoms with Crippen LogP contribution >= 0.6 is 0 Å². The summed E-state index contributed by atoms with van der Waals surface area (Å²) in [6.45, 7) is 1.86. The van der Waals surface area contributed by atoms with Crippen LogP contribution in [0.3, 0.4) is 0 Å². The number of hydrogen-bond donors (Lipinski definition) is 3. The average molecular weight is 230 g/mol. The van der Waals surface area contributed by atoms with Gasteiger partial charge in [0.25, 0.3) is 0 Å². The van der Waals surface area contributed by atoms with Crippen molar-refractivity contribution < 1.29 is 0 Å². The molecule has 2 heterocycles. The number of nitrogen functional groups attached to an aromatic ring is 2. The van der Waals surface area contributed by atoms with Crippen LogP contribution in [0.2, 0.25) is 0 Å². The molecule has 0 bridgehead atoms. The Balaban J connectivity index is 2.18. The Morgan fingerprint density at radius 3 is 2.94 bits per heavy atom. The van der Waals surface area contributed by atoms with Gasteiger partial charge in [-0.05, 0) is 24.1 Å². The lowest BCUT2D eigenvalue weighted by atomic mass is 9.95. The van der Waals surface area contributed by atoms with E-state index in [0.29, 0.717) is 5.82 Å². The second kappa shape index (κ2) is 3.74. The van der Waals surface area contributed by atoms with Crippen molar-refractivity contribution in [3.05, 3.63) is 29.3 Å². The molecule has 0 spiro atoms. The highest BCUT2D eigenvalue weighted by Crippen LogP contribution is 2.26. The molecule has 0 unspecified atom stereocenters. The van der Waals surface area contributed by atoms with Crippen molar-refractivity contribution in [1.29, 1.82) is 0 Å². The fourth-order valence-corrected chi connectivity index (χ4v) is 2.23. The highest BCUT2D eigenvalue weighted by Gasteiger charge is 2.17. The number of fused-ring (bicyclic) bond motifs is 1. The molecule has 3 rings (SSSR count). The number of anilines is 1. The third-order valence-electron chi connectivity index (χ3n) is 3.10. The average Bonchev–Trinajstić information content (AvgIpc) is 2.69. The molecule has 0 aliphatic carbocycles. The molecular formula is C11H14N6. The zero-order chi connectivity index (χ0) is 11.8. The maximum atomic E-state index is 5.82. The van der Waals surface area contributed by atoms with E-state index >= 15 is 0 Å². The Hall–Kier alpha value is -2.08. The quantitative estimate of drug-likeness (QED) is 0.594. The highest BCUT2D eigenvalue weighted by atomic mass is 15.4. The molecule has 0 atom stereocenters. The fraction of sp³-hybridized carbons (Fsp3) is 0.273. The molecule has 2 aromatic rings.